The van der Waals surface area contributed by atoms with E-state index in [0.717, 1.165) is 11.8 Å². The van der Waals surface area contributed by atoms with E-state index in [1.54, 1.807) is 0 Å². The van der Waals surface area contributed by atoms with Gasteiger partial charge in [-0.2, -0.15) is 11.8 Å². The number of allylic oxidation sites excluding steroid dienone is 1. The Balaban J connectivity index is 3.54. The van der Waals surface area contributed by atoms with Crippen molar-refractivity contribution in [3.63, 3.8) is 0 Å². The maximum absolute atomic E-state index is 3.76. The van der Waals surface area contributed by atoms with Gasteiger partial charge in [0.05, 0.1) is 0 Å². The second-order valence-corrected chi connectivity index (χ2v) is 6.17. The predicted octanol–water partition coefficient (Wildman–Crippen LogP) is 4.24. The lowest BCUT2D eigenvalue weighted by Crippen LogP contribution is -2.31. The number of rotatable bonds is 11. The van der Waals surface area contributed by atoms with Gasteiger partial charge in [0.15, 0.2) is 0 Å². The van der Waals surface area contributed by atoms with Crippen molar-refractivity contribution in [2.45, 2.75) is 64.2 Å². The molecule has 0 bridgehead atoms. The first-order chi connectivity index (χ1) is 7.70. The Morgan fingerprint density at radius 2 is 2.00 bits per heavy atom. The van der Waals surface area contributed by atoms with Crippen LogP contribution in [0.4, 0.5) is 0 Å². The highest BCUT2D eigenvalue weighted by atomic mass is 32.2. The van der Waals surface area contributed by atoms with E-state index < -0.39 is 0 Å². The summed E-state index contributed by atoms with van der Waals surface area (Å²) in [7, 11) is 0. The average Bonchev–Trinajstić information content (AvgIpc) is 2.25. The minimum absolute atomic E-state index is 0.709. The minimum atomic E-state index is 0.709. The van der Waals surface area contributed by atoms with Crippen LogP contribution in [0.1, 0.15) is 52.9 Å². The summed E-state index contributed by atoms with van der Waals surface area (Å²) >= 11 is 2.07. The molecular weight excluding hydrogens is 214 g/mol. The zero-order valence-electron chi connectivity index (χ0n) is 11.3. The molecule has 0 aromatic heterocycles. The van der Waals surface area contributed by atoms with Gasteiger partial charge in [-0.3, -0.25) is 0 Å². The molecule has 0 aliphatic rings. The predicted molar refractivity (Wildman–Crippen MR) is 78.3 cm³/mol. The van der Waals surface area contributed by atoms with E-state index in [1.165, 1.54) is 37.9 Å². The van der Waals surface area contributed by atoms with Gasteiger partial charge in [-0.15, -0.1) is 6.58 Å². The van der Waals surface area contributed by atoms with Gasteiger partial charge in [0.25, 0.3) is 0 Å². The summed E-state index contributed by atoms with van der Waals surface area (Å²) in [6.07, 6.45) is 8.53. The van der Waals surface area contributed by atoms with Crippen molar-refractivity contribution < 1.29 is 0 Å². The van der Waals surface area contributed by atoms with Crippen molar-refractivity contribution in [3.05, 3.63) is 12.7 Å². The fourth-order valence-corrected chi connectivity index (χ4v) is 2.60. The Hall–Kier alpha value is 0.0500. The van der Waals surface area contributed by atoms with Crippen LogP contribution >= 0.6 is 11.8 Å². The third-order valence-corrected chi connectivity index (χ3v) is 3.85. The first-order valence-electron chi connectivity index (χ1n) is 6.66. The summed E-state index contributed by atoms with van der Waals surface area (Å²) < 4.78 is 0. The van der Waals surface area contributed by atoms with Gasteiger partial charge in [0, 0.05) is 11.8 Å². The van der Waals surface area contributed by atoms with Crippen LogP contribution in [0.5, 0.6) is 0 Å². The molecule has 1 atom stereocenters. The Morgan fingerprint density at radius 3 is 2.56 bits per heavy atom. The van der Waals surface area contributed by atoms with Crippen LogP contribution in [0, 0.1) is 0 Å². The van der Waals surface area contributed by atoms with E-state index in [2.05, 4.69) is 44.4 Å². The first kappa shape index (κ1) is 16.1. The van der Waals surface area contributed by atoms with E-state index in [4.69, 9.17) is 0 Å². The second kappa shape index (κ2) is 11.5. The standard InChI is InChI=1S/C14H29NS/c1-5-7-8-9-10-11-14(15-6-2)12-16-13(3)4/h5,13-15H,1,6-12H2,2-4H3. The number of nitrogens with one attached hydrogen (secondary N) is 1. The zero-order valence-corrected chi connectivity index (χ0v) is 12.1. The normalized spacial score (nSPS) is 13.0. The molecule has 0 rings (SSSR count). The van der Waals surface area contributed by atoms with Crippen LogP contribution in [0.15, 0.2) is 12.7 Å². The first-order valence-corrected chi connectivity index (χ1v) is 7.71. The number of hydrogen-bond acceptors (Lipinski definition) is 2. The average molecular weight is 243 g/mol. The second-order valence-electron chi connectivity index (χ2n) is 4.56. The summed E-state index contributed by atoms with van der Waals surface area (Å²) in [5.74, 6) is 1.26. The molecule has 0 aromatic carbocycles. The molecule has 0 amide bonds. The van der Waals surface area contributed by atoms with Crippen molar-refractivity contribution in [2.75, 3.05) is 12.3 Å². The van der Waals surface area contributed by atoms with Crippen LogP contribution < -0.4 is 5.32 Å². The molecule has 16 heavy (non-hydrogen) atoms. The highest BCUT2D eigenvalue weighted by molar-refractivity contribution is 7.99. The molecule has 0 aliphatic heterocycles. The molecule has 0 radical (unpaired) electrons. The van der Waals surface area contributed by atoms with Gasteiger partial charge < -0.3 is 5.32 Å². The Bertz CT molecular complexity index is 157. The number of thioether (sulfide) groups is 1. The van der Waals surface area contributed by atoms with Crippen molar-refractivity contribution in [1.82, 2.24) is 5.32 Å². The lowest BCUT2D eigenvalue weighted by Gasteiger charge is -2.18. The monoisotopic (exact) mass is 243 g/mol. The fraction of sp³-hybridized carbons (Fsp3) is 0.857. The van der Waals surface area contributed by atoms with Crippen LogP contribution in [-0.2, 0) is 0 Å². The molecular formula is C14H29NS. The van der Waals surface area contributed by atoms with E-state index in [1.807, 2.05) is 6.08 Å². The van der Waals surface area contributed by atoms with Gasteiger partial charge in [-0.05, 0) is 31.1 Å². The van der Waals surface area contributed by atoms with Gasteiger partial charge >= 0.3 is 0 Å². The van der Waals surface area contributed by atoms with Gasteiger partial charge in [-0.25, -0.2) is 0 Å². The van der Waals surface area contributed by atoms with E-state index in [9.17, 15) is 0 Å². The summed E-state index contributed by atoms with van der Waals surface area (Å²) in [4.78, 5) is 0. The van der Waals surface area contributed by atoms with Crippen LogP contribution in [0.25, 0.3) is 0 Å². The number of unbranched alkanes of at least 4 members (excludes halogenated alkanes) is 3. The minimum Gasteiger partial charge on any atom is -0.313 e. The van der Waals surface area contributed by atoms with Gasteiger partial charge in [0.1, 0.15) is 0 Å². The highest BCUT2D eigenvalue weighted by Crippen LogP contribution is 2.14. The molecule has 0 aromatic rings. The SMILES string of the molecule is C=CCCCCCC(CSC(C)C)NCC. The molecule has 0 fully saturated rings. The van der Waals surface area contributed by atoms with E-state index >= 15 is 0 Å². The Kier molecular flexibility index (Phi) is 11.6. The molecule has 0 spiro atoms. The number of hydrogen-bond donors (Lipinski definition) is 1. The largest absolute Gasteiger partial charge is 0.313 e. The van der Waals surface area contributed by atoms with Crippen LogP contribution in [0.2, 0.25) is 0 Å². The van der Waals surface area contributed by atoms with Crippen molar-refractivity contribution >= 4 is 11.8 Å². The summed E-state index contributed by atoms with van der Waals surface area (Å²) in [5, 5.41) is 4.34. The lowest BCUT2D eigenvalue weighted by atomic mass is 10.1. The third-order valence-electron chi connectivity index (χ3n) is 2.58. The van der Waals surface area contributed by atoms with Gasteiger partial charge in [0.2, 0.25) is 0 Å². The summed E-state index contributed by atoms with van der Waals surface area (Å²) in [5.41, 5.74) is 0. The maximum Gasteiger partial charge on any atom is 0.0158 e. The van der Waals surface area contributed by atoms with Crippen molar-refractivity contribution in [1.29, 1.82) is 0 Å². The molecule has 1 unspecified atom stereocenters. The molecule has 96 valence electrons. The topological polar surface area (TPSA) is 12.0 Å². The van der Waals surface area contributed by atoms with E-state index in [-0.39, 0.29) is 0 Å². The lowest BCUT2D eigenvalue weighted by molar-refractivity contribution is 0.502. The smallest absolute Gasteiger partial charge is 0.0158 e. The Morgan fingerprint density at radius 1 is 1.25 bits per heavy atom. The quantitative estimate of drug-likeness (QED) is 0.430. The molecule has 1 nitrogen and oxygen atoms in total. The Labute approximate surface area is 106 Å². The maximum atomic E-state index is 3.76. The van der Waals surface area contributed by atoms with Crippen LogP contribution in [0.3, 0.4) is 0 Å². The summed E-state index contributed by atoms with van der Waals surface area (Å²) in [6, 6.07) is 0.709. The van der Waals surface area contributed by atoms with Crippen molar-refractivity contribution in [3.8, 4) is 0 Å². The molecule has 0 saturated carbocycles. The third kappa shape index (κ3) is 10.6. The molecule has 1 N–H and O–H groups in total. The summed E-state index contributed by atoms with van der Waals surface area (Å²) in [6.45, 7) is 11.6. The highest BCUT2D eigenvalue weighted by Gasteiger charge is 2.07. The molecule has 0 aliphatic carbocycles. The molecule has 0 saturated heterocycles. The van der Waals surface area contributed by atoms with Gasteiger partial charge in [-0.1, -0.05) is 39.7 Å². The fourth-order valence-electron chi connectivity index (χ4n) is 1.70. The molecule has 2 heteroatoms. The molecule has 0 heterocycles. The van der Waals surface area contributed by atoms with E-state index in [0.29, 0.717) is 6.04 Å². The zero-order chi connectivity index (χ0) is 12.2. The van der Waals surface area contributed by atoms with Crippen LogP contribution in [-0.4, -0.2) is 23.6 Å². The van der Waals surface area contributed by atoms with Crippen molar-refractivity contribution in [2.24, 2.45) is 0 Å².